The van der Waals surface area contributed by atoms with E-state index in [2.05, 4.69) is 21.9 Å². The number of nitrogens with one attached hydrogen (secondary N) is 2. The summed E-state index contributed by atoms with van der Waals surface area (Å²) in [7, 11) is -3.67. The summed E-state index contributed by atoms with van der Waals surface area (Å²) < 4.78 is 27.1. The number of piperidine rings is 1. The Balaban J connectivity index is 1.91. The summed E-state index contributed by atoms with van der Waals surface area (Å²) in [5, 5.41) is 3.08. The number of carbonyl (C=O) groups is 1. The summed E-state index contributed by atoms with van der Waals surface area (Å²) in [6.07, 6.45) is 3.31. The summed E-state index contributed by atoms with van der Waals surface area (Å²) >= 11 is 6.11. The zero-order valence-corrected chi connectivity index (χ0v) is 17.9. The van der Waals surface area contributed by atoms with Gasteiger partial charge in [-0.3, -0.25) is 4.79 Å². The van der Waals surface area contributed by atoms with Crippen molar-refractivity contribution in [3.05, 3.63) is 28.8 Å². The highest BCUT2D eigenvalue weighted by Crippen LogP contribution is 2.21. The van der Waals surface area contributed by atoms with E-state index in [0.29, 0.717) is 6.54 Å². The summed E-state index contributed by atoms with van der Waals surface area (Å²) in [4.78, 5) is 14.9. The van der Waals surface area contributed by atoms with E-state index in [4.69, 9.17) is 11.6 Å². The number of hydrogen-bond donors (Lipinski definition) is 2. The van der Waals surface area contributed by atoms with Gasteiger partial charge < -0.3 is 10.2 Å². The van der Waals surface area contributed by atoms with Crippen molar-refractivity contribution >= 4 is 27.5 Å². The third-order valence-electron chi connectivity index (χ3n) is 4.70. The second-order valence-corrected chi connectivity index (χ2v) is 9.67. The fourth-order valence-corrected chi connectivity index (χ4v) is 4.59. The first kappa shape index (κ1) is 22.1. The fourth-order valence-electron chi connectivity index (χ4n) is 3.11. The predicted octanol–water partition coefficient (Wildman–Crippen LogP) is 2.88. The van der Waals surface area contributed by atoms with E-state index in [-0.39, 0.29) is 27.4 Å². The van der Waals surface area contributed by atoms with Crippen molar-refractivity contribution < 1.29 is 13.2 Å². The lowest BCUT2D eigenvalue weighted by Gasteiger charge is -2.30. The number of carbonyl (C=O) groups excluding carboxylic acids is 1. The molecule has 2 N–H and O–H groups in total. The fraction of sp³-hybridized carbons (Fsp3) is 0.632. The van der Waals surface area contributed by atoms with Crippen LogP contribution in [0.2, 0.25) is 5.02 Å². The lowest BCUT2D eigenvalue weighted by Crippen LogP contribution is -2.35. The van der Waals surface area contributed by atoms with Crippen molar-refractivity contribution in [2.45, 2.75) is 51.0 Å². The van der Waals surface area contributed by atoms with Crippen LogP contribution in [-0.2, 0) is 10.0 Å². The van der Waals surface area contributed by atoms with Crippen LogP contribution in [-0.4, -0.2) is 51.4 Å². The molecule has 0 radical (unpaired) electrons. The maximum Gasteiger partial charge on any atom is 0.252 e. The van der Waals surface area contributed by atoms with Crippen molar-refractivity contribution in [3.8, 4) is 0 Å². The number of hydrogen-bond acceptors (Lipinski definition) is 4. The van der Waals surface area contributed by atoms with Gasteiger partial charge in [0.15, 0.2) is 0 Å². The highest BCUT2D eigenvalue weighted by Gasteiger charge is 2.20. The van der Waals surface area contributed by atoms with Crippen LogP contribution in [0.1, 0.15) is 50.4 Å². The van der Waals surface area contributed by atoms with E-state index in [9.17, 15) is 13.2 Å². The van der Waals surface area contributed by atoms with Gasteiger partial charge in [0.2, 0.25) is 10.0 Å². The van der Waals surface area contributed by atoms with E-state index in [1.807, 2.05) is 0 Å². The molecule has 1 saturated heterocycles. The Morgan fingerprint density at radius 3 is 2.59 bits per heavy atom. The Labute approximate surface area is 167 Å². The molecule has 1 aromatic rings. The van der Waals surface area contributed by atoms with Crippen LogP contribution in [0.4, 0.5) is 0 Å². The molecule has 0 atom stereocenters. The van der Waals surface area contributed by atoms with Crippen molar-refractivity contribution in [2.24, 2.45) is 5.92 Å². The van der Waals surface area contributed by atoms with E-state index in [1.165, 1.54) is 31.0 Å². The molecule has 27 heavy (non-hydrogen) atoms. The lowest BCUT2D eigenvalue weighted by molar-refractivity contribution is 0.0950. The third-order valence-corrected chi connectivity index (χ3v) is 6.68. The first-order valence-corrected chi connectivity index (χ1v) is 11.4. The van der Waals surface area contributed by atoms with Crippen LogP contribution >= 0.6 is 11.6 Å². The molecule has 2 rings (SSSR count). The van der Waals surface area contributed by atoms with Gasteiger partial charge in [0.25, 0.3) is 5.91 Å². The predicted molar refractivity (Wildman–Crippen MR) is 109 cm³/mol. The molecule has 0 aliphatic carbocycles. The third kappa shape index (κ3) is 6.75. The average Bonchev–Trinajstić information content (AvgIpc) is 2.59. The molecule has 0 saturated carbocycles. The first-order valence-electron chi connectivity index (χ1n) is 9.51. The van der Waals surface area contributed by atoms with Gasteiger partial charge in [0, 0.05) is 12.6 Å². The number of rotatable bonds is 8. The second-order valence-electron chi connectivity index (χ2n) is 7.55. The number of likely N-dealkylation sites (tertiary alicyclic amines) is 1. The van der Waals surface area contributed by atoms with Gasteiger partial charge in [-0.05, 0) is 76.9 Å². The first-order chi connectivity index (χ1) is 12.7. The minimum absolute atomic E-state index is 0.0354. The Morgan fingerprint density at radius 1 is 1.30 bits per heavy atom. The molecule has 1 fully saturated rings. The Bertz CT molecular complexity index is 745. The molecule has 0 unspecified atom stereocenters. The van der Waals surface area contributed by atoms with Gasteiger partial charge in [-0.1, -0.05) is 18.5 Å². The Hall–Kier alpha value is -1.15. The molecule has 0 spiro atoms. The molecule has 6 nitrogen and oxygen atoms in total. The quantitative estimate of drug-likeness (QED) is 0.640. The average molecular weight is 416 g/mol. The van der Waals surface area contributed by atoms with Gasteiger partial charge in [0.1, 0.15) is 0 Å². The van der Waals surface area contributed by atoms with E-state index < -0.39 is 10.0 Å². The zero-order chi connectivity index (χ0) is 20.0. The van der Waals surface area contributed by atoms with Gasteiger partial charge >= 0.3 is 0 Å². The van der Waals surface area contributed by atoms with E-state index in [0.717, 1.165) is 32.0 Å². The number of amides is 1. The molecule has 1 heterocycles. The number of sulfonamides is 1. The number of halogens is 1. The Kier molecular flexibility index (Phi) is 8.09. The van der Waals surface area contributed by atoms with Crippen molar-refractivity contribution in [1.29, 1.82) is 0 Å². The molecule has 0 bridgehead atoms. The zero-order valence-electron chi connectivity index (χ0n) is 16.3. The SMILES string of the molecule is CC1CCN(CCCNC(=O)c2cc(S(=O)(=O)NC(C)C)ccc2Cl)CC1. The maximum absolute atomic E-state index is 12.4. The summed E-state index contributed by atoms with van der Waals surface area (Å²) in [5.41, 5.74) is 0.176. The van der Waals surface area contributed by atoms with E-state index >= 15 is 0 Å². The minimum Gasteiger partial charge on any atom is -0.352 e. The van der Waals surface area contributed by atoms with Crippen LogP contribution in [0.3, 0.4) is 0 Å². The van der Waals surface area contributed by atoms with Gasteiger partial charge in [-0.25, -0.2) is 13.1 Å². The maximum atomic E-state index is 12.4. The van der Waals surface area contributed by atoms with Gasteiger partial charge in [0.05, 0.1) is 15.5 Å². The van der Waals surface area contributed by atoms with Crippen LogP contribution in [0, 0.1) is 5.92 Å². The highest BCUT2D eigenvalue weighted by atomic mass is 35.5. The van der Waals surface area contributed by atoms with E-state index in [1.54, 1.807) is 13.8 Å². The summed E-state index contributed by atoms with van der Waals surface area (Å²) in [5.74, 6) is 0.450. The second kappa shape index (κ2) is 9.87. The van der Waals surface area contributed by atoms with Crippen LogP contribution in [0.15, 0.2) is 23.1 Å². The standard InChI is InChI=1S/C19H30ClN3O3S/c1-14(2)22-27(25,26)16-5-6-18(20)17(13-16)19(24)21-9-4-10-23-11-7-15(3)8-12-23/h5-6,13-15,22H,4,7-12H2,1-3H3,(H,21,24). The number of nitrogens with zero attached hydrogens (tertiary/aromatic N) is 1. The van der Waals surface area contributed by atoms with Crippen molar-refractivity contribution in [2.75, 3.05) is 26.2 Å². The lowest BCUT2D eigenvalue weighted by atomic mass is 9.99. The smallest absolute Gasteiger partial charge is 0.252 e. The molecule has 1 aromatic carbocycles. The largest absolute Gasteiger partial charge is 0.352 e. The molecule has 1 aliphatic rings. The van der Waals surface area contributed by atoms with Crippen LogP contribution in [0.25, 0.3) is 0 Å². The van der Waals surface area contributed by atoms with Crippen LogP contribution in [0.5, 0.6) is 0 Å². The van der Waals surface area contributed by atoms with Gasteiger partial charge in [-0.15, -0.1) is 0 Å². The number of benzene rings is 1. The van der Waals surface area contributed by atoms with Crippen LogP contribution < -0.4 is 10.0 Å². The topological polar surface area (TPSA) is 78.5 Å². The molecule has 0 aromatic heterocycles. The monoisotopic (exact) mass is 415 g/mol. The van der Waals surface area contributed by atoms with Crippen molar-refractivity contribution in [3.63, 3.8) is 0 Å². The molecular weight excluding hydrogens is 386 g/mol. The Morgan fingerprint density at radius 2 is 1.96 bits per heavy atom. The normalized spacial score (nSPS) is 16.6. The van der Waals surface area contributed by atoms with Crippen molar-refractivity contribution in [1.82, 2.24) is 14.9 Å². The molecule has 1 aliphatic heterocycles. The molecule has 152 valence electrons. The summed E-state index contributed by atoms with van der Waals surface area (Å²) in [6, 6.07) is 3.94. The summed E-state index contributed by atoms with van der Waals surface area (Å²) in [6.45, 7) is 9.48. The molecule has 1 amide bonds. The molecular formula is C19H30ClN3O3S. The van der Waals surface area contributed by atoms with Gasteiger partial charge in [-0.2, -0.15) is 0 Å². The highest BCUT2D eigenvalue weighted by molar-refractivity contribution is 7.89. The molecule has 8 heteroatoms. The minimum atomic E-state index is -3.67.